The summed E-state index contributed by atoms with van der Waals surface area (Å²) in [5.74, 6) is -0.389. The molecule has 26 heavy (non-hydrogen) atoms. The zero-order valence-electron chi connectivity index (χ0n) is 14.0. The van der Waals surface area contributed by atoms with Crippen LogP contribution in [-0.2, 0) is 7.05 Å². The summed E-state index contributed by atoms with van der Waals surface area (Å²) < 4.78 is 2.97. The molecule has 2 aliphatic rings. The molecule has 0 fully saturated rings. The third kappa shape index (κ3) is 2.78. The van der Waals surface area contributed by atoms with Crippen LogP contribution in [0.25, 0.3) is 16.9 Å². The minimum absolute atomic E-state index is 0.275. The Kier molecular flexibility index (Phi) is 3.85. The van der Waals surface area contributed by atoms with E-state index in [1.165, 1.54) is 16.0 Å². The summed E-state index contributed by atoms with van der Waals surface area (Å²) in [4.78, 5) is 25.5. The predicted molar refractivity (Wildman–Crippen MR) is 98.0 cm³/mol. The lowest BCUT2D eigenvalue weighted by Crippen LogP contribution is -2.17. The second-order valence-electron chi connectivity index (χ2n) is 5.73. The van der Waals surface area contributed by atoms with Gasteiger partial charge in [0.1, 0.15) is 10.7 Å². The second kappa shape index (κ2) is 6.19. The first-order valence-corrected chi connectivity index (χ1v) is 8.60. The van der Waals surface area contributed by atoms with Crippen LogP contribution in [0.1, 0.15) is 15.4 Å². The van der Waals surface area contributed by atoms with Crippen molar-refractivity contribution in [3.05, 3.63) is 63.7 Å². The number of hydrogen-bond acceptors (Lipinski definition) is 6. The Morgan fingerprint density at radius 2 is 1.92 bits per heavy atom. The Morgan fingerprint density at radius 3 is 2.62 bits per heavy atom. The summed E-state index contributed by atoms with van der Waals surface area (Å²) in [7, 11) is 1.75. The molecule has 2 aliphatic heterocycles. The normalized spacial score (nSPS) is 11.0. The van der Waals surface area contributed by atoms with E-state index in [0.29, 0.717) is 27.6 Å². The first-order chi connectivity index (χ1) is 12.5. The fraction of sp³-hybridized carbons (Fsp3) is 0.118. The van der Waals surface area contributed by atoms with Crippen molar-refractivity contribution < 1.29 is 4.79 Å². The number of aryl methyl sites for hydroxylation is 2. The van der Waals surface area contributed by atoms with Gasteiger partial charge in [-0.3, -0.25) is 14.9 Å². The van der Waals surface area contributed by atoms with Gasteiger partial charge in [-0.2, -0.15) is 9.78 Å². The molecule has 0 saturated heterocycles. The first-order valence-electron chi connectivity index (χ1n) is 7.79. The summed E-state index contributed by atoms with van der Waals surface area (Å²) in [6, 6.07) is 9.09. The van der Waals surface area contributed by atoms with Gasteiger partial charge in [0.05, 0.1) is 16.8 Å². The monoisotopic (exact) mass is 366 g/mol. The number of nitrogens with zero attached hydrogens (tertiary/aromatic N) is 5. The molecule has 0 unspecified atom stereocenters. The third-order valence-electron chi connectivity index (χ3n) is 3.79. The van der Waals surface area contributed by atoms with Gasteiger partial charge in [0.2, 0.25) is 5.13 Å². The standard InChI is InChI=1S/C17H14N6O2S/c1-10-19-20-17(26-10)18-15(24)12-8-22(2)9-13-14(12)21-23(16(13)25)11-6-4-3-5-7-11/h3-9H,1-2H3,(H,18,20,24). The summed E-state index contributed by atoms with van der Waals surface area (Å²) in [6.07, 6.45) is 3.29. The highest BCUT2D eigenvalue weighted by Gasteiger charge is 2.24. The largest absolute Gasteiger partial charge is 0.356 e. The van der Waals surface area contributed by atoms with Gasteiger partial charge < -0.3 is 4.57 Å². The number of anilines is 1. The molecule has 9 heteroatoms. The Morgan fingerprint density at radius 1 is 1.15 bits per heavy atom. The Labute approximate surface area is 152 Å². The fourth-order valence-corrected chi connectivity index (χ4v) is 3.24. The van der Waals surface area contributed by atoms with Crippen LogP contribution in [0.5, 0.6) is 0 Å². The topological polar surface area (TPSA) is 94.7 Å². The van der Waals surface area contributed by atoms with Crippen molar-refractivity contribution in [3.8, 4) is 16.9 Å². The van der Waals surface area contributed by atoms with Gasteiger partial charge in [0.25, 0.3) is 11.5 Å². The number of hydrogen-bond donors (Lipinski definition) is 1. The minimum atomic E-state index is -0.389. The number of amides is 1. The molecule has 1 aromatic heterocycles. The Bertz CT molecular complexity index is 1130. The molecule has 4 rings (SSSR count). The average molecular weight is 366 g/mol. The maximum atomic E-state index is 12.8. The summed E-state index contributed by atoms with van der Waals surface area (Å²) in [5.41, 5.74) is 1.38. The van der Waals surface area contributed by atoms with E-state index in [1.807, 2.05) is 18.2 Å². The predicted octanol–water partition coefficient (Wildman–Crippen LogP) is 2.09. The summed E-state index contributed by atoms with van der Waals surface area (Å²) in [6.45, 7) is 1.80. The fourth-order valence-electron chi connectivity index (χ4n) is 2.66. The van der Waals surface area contributed by atoms with Gasteiger partial charge >= 0.3 is 0 Å². The lowest BCUT2D eigenvalue weighted by atomic mass is 10.1. The van der Waals surface area contributed by atoms with Crippen molar-refractivity contribution in [1.82, 2.24) is 24.5 Å². The van der Waals surface area contributed by atoms with Crippen LogP contribution >= 0.6 is 11.3 Å². The molecule has 0 spiro atoms. The lowest BCUT2D eigenvalue weighted by molar-refractivity contribution is 0.102. The smallest absolute Gasteiger partial charge is 0.282 e. The van der Waals surface area contributed by atoms with E-state index in [-0.39, 0.29) is 11.5 Å². The number of carbonyl (C=O) groups is 1. The van der Waals surface area contributed by atoms with Crippen molar-refractivity contribution in [2.75, 3.05) is 5.32 Å². The van der Waals surface area contributed by atoms with Gasteiger partial charge in [0, 0.05) is 19.4 Å². The molecule has 1 N–H and O–H groups in total. The molecule has 8 nitrogen and oxygen atoms in total. The van der Waals surface area contributed by atoms with E-state index >= 15 is 0 Å². The van der Waals surface area contributed by atoms with Crippen LogP contribution in [0.2, 0.25) is 0 Å². The zero-order chi connectivity index (χ0) is 18.3. The van der Waals surface area contributed by atoms with Gasteiger partial charge in [-0.1, -0.05) is 29.5 Å². The quantitative estimate of drug-likeness (QED) is 0.599. The molecule has 130 valence electrons. The third-order valence-corrected chi connectivity index (χ3v) is 4.54. The number of rotatable bonds is 3. The number of carbonyl (C=O) groups excluding carboxylic acids is 1. The lowest BCUT2D eigenvalue weighted by Gasteiger charge is -2.08. The SMILES string of the molecule is Cc1nnc(NC(=O)c2cn(C)cc3c(=O)n(-c4ccccc4)nc2-3)s1. The number of nitrogens with one attached hydrogen (secondary N) is 1. The molecule has 2 aromatic rings. The minimum Gasteiger partial charge on any atom is -0.356 e. The van der Waals surface area contributed by atoms with Gasteiger partial charge in [-0.05, 0) is 19.1 Å². The van der Waals surface area contributed by atoms with Crippen molar-refractivity contribution in [2.45, 2.75) is 6.92 Å². The van der Waals surface area contributed by atoms with Crippen LogP contribution < -0.4 is 10.9 Å². The molecule has 0 aliphatic carbocycles. The van der Waals surface area contributed by atoms with E-state index in [2.05, 4.69) is 20.6 Å². The molecule has 0 atom stereocenters. The Hall–Kier alpha value is -3.33. The number of pyridine rings is 1. The average Bonchev–Trinajstić information content (AvgIpc) is 3.18. The van der Waals surface area contributed by atoms with E-state index in [0.717, 1.165) is 5.01 Å². The number of aromatic nitrogens is 5. The van der Waals surface area contributed by atoms with Crippen LogP contribution in [0.4, 0.5) is 5.13 Å². The number of para-hydroxylation sites is 1. The highest BCUT2D eigenvalue weighted by molar-refractivity contribution is 7.15. The van der Waals surface area contributed by atoms with Crippen molar-refractivity contribution in [1.29, 1.82) is 0 Å². The van der Waals surface area contributed by atoms with Gasteiger partial charge in [-0.15, -0.1) is 10.2 Å². The highest BCUT2D eigenvalue weighted by atomic mass is 32.1. The molecular formula is C17H14N6O2S. The highest BCUT2D eigenvalue weighted by Crippen LogP contribution is 2.23. The van der Waals surface area contributed by atoms with Gasteiger partial charge in [-0.25, -0.2) is 0 Å². The molecule has 0 saturated carbocycles. The molecule has 1 aromatic carbocycles. The van der Waals surface area contributed by atoms with Crippen molar-refractivity contribution in [3.63, 3.8) is 0 Å². The summed E-state index contributed by atoms with van der Waals surface area (Å²) in [5, 5.41) is 16.0. The first kappa shape index (κ1) is 16.2. The molecule has 0 bridgehead atoms. The molecule has 0 radical (unpaired) electrons. The zero-order valence-corrected chi connectivity index (χ0v) is 14.8. The van der Waals surface area contributed by atoms with Crippen LogP contribution in [0.15, 0.2) is 47.5 Å². The van der Waals surface area contributed by atoms with Crippen LogP contribution in [-0.4, -0.2) is 30.5 Å². The van der Waals surface area contributed by atoms with Crippen LogP contribution in [0, 0.1) is 6.92 Å². The number of fused-ring (bicyclic) bond motifs is 1. The Balaban J connectivity index is 1.82. The molecular weight excluding hydrogens is 352 g/mol. The maximum absolute atomic E-state index is 12.8. The van der Waals surface area contributed by atoms with Crippen LogP contribution in [0.3, 0.4) is 0 Å². The maximum Gasteiger partial charge on any atom is 0.282 e. The van der Waals surface area contributed by atoms with E-state index < -0.39 is 0 Å². The van der Waals surface area contributed by atoms with E-state index in [9.17, 15) is 9.59 Å². The summed E-state index contributed by atoms with van der Waals surface area (Å²) >= 11 is 1.28. The van der Waals surface area contributed by atoms with Gasteiger partial charge in [0.15, 0.2) is 0 Å². The molecule has 1 amide bonds. The van der Waals surface area contributed by atoms with E-state index in [4.69, 9.17) is 0 Å². The van der Waals surface area contributed by atoms with Crippen molar-refractivity contribution in [2.24, 2.45) is 7.05 Å². The van der Waals surface area contributed by atoms with Crippen molar-refractivity contribution >= 4 is 22.4 Å². The number of benzene rings is 1. The van der Waals surface area contributed by atoms with E-state index in [1.54, 1.807) is 43.1 Å². The molecule has 3 heterocycles. The second-order valence-corrected chi connectivity index (χ2v) is 6.91.